The predicted molar refractivity (Wildman–Crippen MR) is 75.0 cm³/mol. The van der Waals surface area contributed by atoms with Crippen molar-refractivity contribution in [2.24, 2.45) is 0 Å². The molecule has 102 valence electrons. The van der Waals surface area contributed by atoms with Crippen LogP contribution in [-0.2, 0) is 9.84 Å². The van der Waals surface area contributed by atoms with E-state index in [1.165, 1.54) is 0 Å². The molecule has 0 amide bonds. The van der Waals surface area contributed by atoms with Crippen molar-refractivity contribution in [2.75, 3.05) is 24.7 Å². The molecule has 0 fully saturated rings. The molecule has 1 aromatic rings. The van der Waals surface area contributed by atoms with E-state index in [2.05, 4.69) is 5.32 Å². The Kier molecular flexibility index (Phi) is 4.62. The monoisotopic (exact) mass is 271 g/mol. The molecular formula is C13H21NO3S. The van der Waals surface area contributed by atoms with Crippen molar-refractivity contribution in [3.05, 3.63) is 24.3 Å². The lowest BCUT2D eigenvalue weighted by molar-refractivity contribution is 0.415. The standard InChI is InChI=1S/C13H21NO3S/c1-13(2,3)18(15,16)9-8-14-11-6-5-7-12(10-11)17-4/h5-7,10,14H,8-9H2,1-4H3. The number of ether oxygens (including phenoxy) is 1. The maximum atomic E-state index is 11.9. The lowest BCUT2D eigenvalue weighted by Crippen LogP contribution is -2.32. The molecule has 4 nitrogen and oxygen atoms in total. The second-order valence-corrected chi connectivity index (χ2v) is 7.95. The molecular weight excluding hydrogens is 250 g/mol. The molecule has 0 bridgehead atoms. The van der Waals surface area contributed by atoms with Gasteiger partial charge in [0.15, 0.2) is 9.84 Å². The first-order chi connectivity index (χ1) is 8.26. The van der Waals surface area contributed by atoms with Gasteiger partial charge in [0.25, 0.3) is 0 Å². The third kappa shape index (κ3) is 3.91. The van der Waals surface area contributed by atoms with E-state index < -0.39 is 14.6 Å². The van der Waals surface area contributed by atoms with Crippen LogP contribution in [0.3, 0.4) is 0 Å². The zero-order valence-corrected chi connectivity index (χ0v) is 12.2. The lowest BCUT2D eigenvalue weighted by Gasteiger charge is -2.19. The third-order valence-electron chi connectivity index (χ3n) is 2.70. The van der Waals surface area contributed by atoms with Crippen molar-refractivity contribution >= 4 is 15.5 Å². The molecule has 0 atom stereocenters. The van der Waals surface area contributed by atoms with Crippen LogP contribution in [0.15, 0.2) is 24.3 Å². The molecule has 0 aliphatic rings. The highest BCUT2D eigenvalue weighted by atomic mass is 32.2. The van der Waals surface area contributed by atoms with Crippen LogP contribution in [0.2, 0.25) is 0 Å². The van der Waals surface area contributed by atoms with E-state index in [1.807, 2.05) is 24.3 Å². The highest BCUT2D eigenvalue weighted by molar-refractivity contribution is 7.92. The van der Waals surface area contributed by atoms with E-state index in [1.54, 1.807) is 27.9 Å². The summed E-state index contributed by atoms with van der Waals surface area (Å²) in [7, 11) is -1.48. The SMILES string of the molecule is COc1cccc(NCCS(=O)(=O)C(C)(C)C)c1. The second-order valence-electron chi connectivity index (χ2n) is 5.09. The van der Waals surface area contributed by atoms with Crippen LogP contribution < -0.4 is 10.1 Å². The van der Waals surface area contributed by atoms with E-state index >= 15 is 0 Å². The number of hydrogen-bond acceptors (Lipinski definition) is 4. The van der Waals surface area contributed by atoms with Crippen molar-refractivity contribution in [3.63, 3.8) is 0 Å². The highest BCUT2D eigenvalue weighted by Gasteiger charge is 2.28. The van der Waals surface area contributed by atoms with Gasteiger partial charge in [-0.1, -0.05) is 6.07 Å². The van der Waals surface area contributed by atoms with Gasteiger partial charge in [-0.3, -0.25) is 0 Å². The lowest BCUT2D eigenvalue weighted by atomic mass is 10.3. The van der Waals surface area contributed by atoms with Crippen LogP contribution in [0.1, 0.15) is 20.8 Å². The van der Waals surface area contributed by atoms with Gasteiger partial charge in [0.1, 0.15) is 5.75 Å². The van der Waals surface area contributed by atoms with E-state index in [0.29, 0.717) is 6.54 Å². The second kappa shape index (κ2) is 5.61. The third-order valence-corrected chi connectivity index (χ3v) is 5.31. The Hall–Kier alpha value is -1.23. The molecule has 18 heavy (non-hydrogen) atoms. The Balaban J connectivity index is 2.57. The van der Waals surface area contributed by atoms with E-state index in [-0.39, 0.29) is 5.75 Å². The summed E-state index contributed by atoms with van der Waals surface area (Å²) in [5.74, 6) is 0.868. The number of methoxy groups -OCH3 is 1. The van der Waals surface area contributed by atoms with Crippen LogP contribution in [0.5, 0.6) is 5.75 Å². The summed E-state index contributed by atoms with van der Waals surface area (Å²) in [4.78, 5) is 0. The zero-order chi connectivity index (χ0) is 13.8. The molecule has 0 aliphatic carbocycles. The van der Waals surface area contributed by atoms with E-state index in [0.717, 1.165) is 11.4 Å². The minimum absolute atomic E-state index is 0.119. The molecule has 0 aromatic heterocycles. The number of anilines is 1. The number of rotatable bonds is 5. The van der Waals surface area contributed by atoms with Crippen molar-refractivity contribution in [1.82, 2.24) is 0 Å². The molecule has 0 aliphatic heterocycles. The van der Waals surface area contributed by atoms with Crippen molar-refractivity contribution in [2.45, 2.75) is 25.5 Å². The van der Waals surface area contributed by atoms with Crippen LogP contribution >= 0.6 is 0 Å². The Labute approximate surface area is 109 Å². The Morgan fingerprint density at radius 2 is 1.94 bits per heavy atom. The number of nitrogens with one attached hydrogen (secondary N) is 1. The van der Waals surface area contributed by atoms with Crippen molar-refractivity contribution in [3.8, 4) is 5.75 Å². The molecule has 0 saturated carbocycles. The normalized spacial score (nSPS) is 12.2. The van der Waals surface area contributed by atoms with Gasteiger partial charge in [-0.25, -0.2) is 8.42 Å². The van der Waals surface area contributed by atoms with Gasteiger partial charge in [-0.05, 0) is 32.9 Å². The molecule has 1 rings (SSSR count). The summed E-state index contributed by atoms with van der Waals surface area (Å²) in [6, 6.07) is 7.42. The maximum Gasteiger partial charge on any atom is 0.156 e. The van der Waals surface area contributed by atoms with Crippen molar-refractivity contribution in [1.29, 1.82) is 0 Å². The molecule has 1 aromatic carbocycles. The molecule has 0 heterocycles. The van der Waals surface area contributed by atoms with Gasteiger partial charge in [0.2, 0.25) is 0 Å². The first-order valence-corrected chi connectivity index (χ1v) is 7.52. The smallest absolute Gasteiger partial charge is 0.156 e. The fourth-order valence-electron chi connectivity index (χ4n) is 1.37. The van der Waals surface area contributed by atoms with Crippen LogP contribution in [-0.4, -0.2) is 32.6 Å². The fraction of sp³-hybridized carbons (Fsp3) is 0.538. The highest BCUT2D eigenvalue weighted by Crippen LogP contribution is 2.18. The van der Waals surface area contributed by atoms with Gasteiger partial charge in [-0.15, -0.1) is 0 Å². The van der Waals surface area contributed by atoms with Gasteiger partial charge < -0.3 is 10.1 Å². The number of benzene rings is 1. The Morgan fingerprint density at radius 3 is 2.50 bits per heavy atom. The van der Waals surface area contributed by atoms with Gasteiger partial charge in [0.05, 0.1) is 17.6 Å². The topological polar surface area (TPSA) is 55.4 Å². The summed E-state index contributed by atoms with van der Waals surface area (Å²) in [6.45, 7) is 5.54. The van der Waals surface area contributed by atoms with Crippen LogP contribution in [0.25, 0.3) is 0 Å². The first kappa shape index (κ1) is 14.8. The summed E-state index contributed by atoms with van der Waals surface area (Å²) >= 11 is 0. The number of hydrogen-bond donors (Lipinski definition) is 1. The van der Waals surface area contributed by atoms with Gasteiger partial charge in [0, 0.05) is 18.3 Å². The summed E-state index contributed by atoms with van der Waals surface area (Å²) in [5, 5.41) is 3.09. The minimum atomic E-state index is -3.08. The largest absolute Gasteiger partial charge is 0.497 e. The molecule has 0 radical (unpaired) electrons. The average molecular weight is 271 g/mol. The maximum absolute atomic E-state index is 11.9. The summed E-state index contributed by atoms with van der Waals surface area (Å²) in [5.41, 5.74) is 0.860. The molecule has 1 N–H and O–H groups in total. The Bertz CT molecular complexity index is 489. The van der Waals surface area contributed by atoms with Crippen LogP contribution in [0, 0.1) is 0 Å². The van der Waals surface area contributed by atoms with E-state index in [4.69, 9.17) is 4.74 Å². The summed E-state index contributed by atoms with van der Waals surface area (Å²) in [6.07, 6.45) is 0. The molecule has 0 saturated heterocycles. The average Bonchev–Trinajstić information content (AvgIpc) is 2.27. The predicted octanol–water partition coefficient (Wildman–Crippen LogP) is 2.32. The zero-order valence-electron chi connectivity index (χ0n) is 11.4. The summed E-state index contributed by atoms with van der Waals surface area (Å²) < 4.78 is 28.2. The van der Waals surface area contributed by atoms with Gasteiger partial charge in [-0.2, -0.15) is 0 Å². The molecule has 0 unspecified atom stereocenters. The Morgan fingerprint density at radius 1 is 1.28 bits per heavy atom. The fourth-order valence-corrected chi connectivity index (χ4v) is 2.35. The van der Waals surface area contributed by atoms with E-state index in [9.17, 15) is 8.42 Å². The minimum Gasteiger partial charge on any atom is -0.497 e. The quantitative estimate of drug-likeness (QED) is 0.893. The molecule has 0 spiro atoms. The first-order valence-electron chi connectivity index (χ1n) is 5.86. The molecule has 5 heteroatoms. The van der Waals surface area contributed by atoms with Crippen LogP contribution in [0.4, 0.5) is 5.69 Å². The van der Waals surface area contributed by atoms with Gasteiger partial charge >= 0.3 is 0 Å². The number of sulfone groups is 1. The van der Waals surface area contributed by atoms with Crippen molar-refractivity contribution < 1.29 is 13.2 Å².